The Hall–Kier alpha value is -1.13. The van der Waals surface area contributed by atoms with E-state index in [0.29, 0.717) is 25.4 Å². The molecule has 0 heterocycles. The molecule has 0 aliphatic rings. The normalized spacial score (nSPS) is 10.9. The van der Waals surface area contributed by atoms with E-state index in [0.717, 1.165) is 5.56 Å². The summed E-state index contributed by atoms with van der Waals surface area (Å²) in [5.74, 6) is -0.262. The van der Waals surface area contributed by atoms with E-state index < -0.39 is 0 Å². The van der Waals surface area contributed by atoms with Gasteiger partial charge in [0.2, 0.25) is 0 Å². The van der Waals surface area contributed by atoms with E-state index in [1.54, 1.807) is 12.1 Å². The summed E-state index contributed by atoms with van der Waals surface area (Å²) in [7, 11) is 0. The average Bonchev–Trinajstić information content (AvgIpc) is 2.30. The predicted molar refractivity (Wildman–Crippen MR) is 66.7 cm³/mol. The van der Waals surface area contributed by atoms with Crippen LogP contribution in [0.25, 0.3) is 0 Å². The first-order chi connectivity index (χ1) is 8.17. The molecule has 0 spiro atoms. The Labute approximate surface area is 102 Å². The Bertz CT molecular complexity index is 338. The highest BCUT2D eigenvalue weighted by Gasteiger charge is 2.09. The lowest BCUT2D eigenvalue weighted by molar-refractivity contribution is -0.126. The molecule has 4 heteroatoms. The lowest BCUT2D eigenvalue weighted by atomic mass is 10.2. The Balaban J connectivity index is 2.55. The van der Waals surface area contributed by atoms with Crippen molar-refractivity contribution in [1.29, 1.82) is 0 Å². The van der Waals surface area contributed by atoms with Crippen LogP contribution in [0, 0.1) is 12.7 Å². The molecule has 0 aliphatic carbocycles. The Kier molecular flexibility index (Phi) is 5.94. The van der Waals surface area contributed by atoms with Crippen molar-refractivity contribution in [2.24, 2.45) is 0 Å². The molecular weight excluding hydrogens is 221 g/mol. The van der Waals surface area contributed by atoms with E-state index in [-0.39, 0.29) is 12.1 Å². The minimum Gasteiger partial charge on any atom is -0.378 e. The lowest BCUT2D eigenvalue weighted by Gasteiger charge is -2.18. The van der Waals surface area contributed by atoms with E-state index in [1.165, 1.54) is 6.07 Å². The van der Waals surface area contributed by atoms with Crippen LogP contribution < -0.4 is 5.32 Å². The van der Waals surface area contributed by atoms with Crippen molar-refractivity contribution >= 4 is 5.69 Å². The average molecular weight is 241 g/mol. The second-order valence-electron chi connectivity index (χ2n) is 3.70. The van der Waals surface area contributed by atoms with Gasteiger partial charge >= 0.3 is 0 Å². The molecule has 1 rings (SSSR count). The van der Waals surface area contributed by atoms with E-state index in [9.17, 15) is 4.39 Å². The number of nitrogens with one attached hydrogen (secondary N) is 1. The maximum Gasteiger partial charge on any atom is 0.174 e. The molecule has 0 fully saturated rings. The van der Waals surface area contributed by atoms with Gasteiger partial charge in [0.1, 0.15) is 5.82 Å². The van der Waals surface area contributed by atoms with Crippen LogP contribution in [0.3, 0.4) is 0 Å². The molecule has 1 aromatic rings. The molecule has 0 radical (unpaired) electrons. The van der Waals surface area contributed by atoms with Gasteiger partial charge in [0, 0.05) is 13.2 Å². The van der Waals surface area contributed by atoms with Gasteiger partial charge in [-0.3, -0.25) is 0 Å². The molecule has 0 aliphatic heterocycles. The topological polar surface area (TPSA) is 30.5 Å². The number of hydrogen-bond acceptors (Lipinski definition) is 3. The summed E-state index contributed by atoms with van der Waals surface area (Å²) in [6, 6.07) is 4.96. The fourth-order valence-electron chi connectivity index (χ4n) is 1.51. The molecule has 0 aromatic heterocycles. The van der Waals surface area contributed by atoms with Gasteiger partial charge in [-0.05, 0) is 38.5 Å². The third-order valence-electron chi connectivity index (χ3n) is 2.29. The minimum absolute atomic E-state index is 0.262. The summed E-state index contributed by atoms with van der Waals surface area (Å²) in [4.78, 5) is 0. The fraction of sp³-hybridized carbons (Fsp3) is 0.538. The first-order valence-corrected chi connectivity index (χ1v) is 5.90. The van der Waals surface area contributed by atoms with Gasteiger partial charge in [0.05, 0.1) is 12.2 Å². The molecule has 17 heavy (non-hydrogen) atoms. The van der Waals surface area contributed by atoms with Crippen molar-refractivity contribution in [3.05, 3.63) is 29.6 Å². The van der Waals surface area contributed by atoms with Gasteiger partial charge in [-0.15, -0.1) is 0 Å². The van der Waals surface area contributed by atoms with Gasteiger partial charge in [0.15, 0.2) is 6.29 Å². The number of hydrogen-bond donors (Lipinski definition) is 1. The summed E-state index contributed by atoms with van der Waals surface area (Å²) in [6.07, 6.45) is -0.343. The summed E-state index contributed by atoms with van der Waals surface area (Å²) >= 11 is 0. The van der Waals surface area contributed by atoms with E-state index >= 15 is 0 Å². The highest BCUT2D eigenvalue weighted by molar-refractivity contribution is 5.47. The van der Waals surface area contributed by atoms with Crippen LogP contribution in [0.1, 0.15) is 19.4 Å². The lowest BCUT2D eigenvalue weighted by Crippen LogP contribution is -2.26. The van der Waals surface area contributed by atoms with Crippen molar-refractivity contribution in [2.45, 2.75) is 27.1 Å². The third-order valence-corrected chi connectivity index (χ3v) is 2.29. The first kappa shape index (κ1) is 13.9. The molecule has 3 nitrogen and oxygen atoms in total. The summed E-state index contributed by atoms with van der Waals surface area (Å²) in [5.41, 5.74) is 1.49. The Morgan fingerprint density at radius 3 is 2.47 bits per heavy atom. The number of ether oxygens (including phenoxy) is 2. The molecule has 0 unspecified atom stereocenters. The van der Waals surface area contributed by atoms with Crippen molar-refractivity contribution in [3.63, 3.8) is 0 Å². The smallest absolute Gasteiger partial charge is 0.174 e. The monoisotopic (exact) mass is 241 g/mol. The standard InChI is InChI=1S/C13H20FNO2/c1-4-16-13(17-5-2)9-15-12-8-10(3)6-7-11(12)14/h6-8,13,15H,4-5,9H2,1-3H3. The molecule has 96 valence electrons. The van der Waals surface area contributed by atoms with Gasteiger partial charge in [0.25, 0.3) is 0 Å². The highest BCUT2D eigenvalue weighted by Crippen LogP contribution is 2.15. The largest absolute Gasteiger partial charge is 0.378 e. The van der Waals surface area contributed by atoms with E-state index in [1.807, 2.05) is 20.8 Å². The molecule has 0 atom stereocenters. The van der Waals surface area contributed by atoms with Crippen LogP contribution in [0.5, 0.6) is 0 Å². The molecular formula is C13H20FNO2. The minimum atomic E-state index is -0.343. The quantitative estimate of drug-likeness (QED) is 0.744. The van der Waals surface area contributed by atoms with Crippen LogP contribution >= 0.6 is 0 Å². The van der Waals surface area contributed by atoms with Crippen LogP contribution in [-0.2, 0) is 9.47 Å². The van der Waals surface area contributed by atoms with Gasteiger partial charge in [-0.25, -0.2) is 4.39 Å². The molecule has 1 aromatic carbocycles. The van der Waals surface area contributed by atoms with Crippen molar-refractivity contribution < 1.29 is 13.9 Å². The number of anilines is 1. The van der Waals surface area contributed by atoms with Gasteiger partial charge in [-0.1, -0.05) is 6.07 Å². The molecule has 0 bridgehead atoms. The zero-order valence-corrected chi connectivity index (χ0v) is 10.6. The number of benzene rings is 1. The first-order valence-electron chi connectivity index (χ1n) is 5.90. The maximum atomic E-state index is 13.4. The predicted octanol–water partition coefficient (Wildman–Crippen LogP) is 2.95. The number of aryl methyl sites for hydroxylation is 1. The van der Waals surface area contributed by atoms with Crippen molar-refractivity contribution in [2.75, 3.05) is 25.1 Å². The van der Waals surface area contributed by atoms with Crippen LogP contribution in [-0.4, -0.2) is 26.0 Å². The molecule has 0 saturated heterocycles. The Morgan fingerprint density at radius 2 is 1.88 bits per heavy atom. The highest BCUT2D eigenvalue weighted by atomic mass is 19.1. The SMILES string of the molecule is CCOC(CNc1cc(C)ccc1F)OCC. The Morgan fingerprint density at radius 1 is 1.24 bits per heavy atom. The second-order valence-corrected chi connectivity index (χ2v) is 3.70. The molecule has 1 N–H and O–H groups in total. The molecule has 0 amide bonds. The number of rotatable bonds is 7. The van der Waals surface area contributed by atoms with Crippen molar-refractivity contribution in [3.8, 4) is 0 Å². The second kappa shape index (κ2) is 7.25. The van der Waals surface area contributed by atoms with E-state index in [2.05, 4.69) is 5.32 Å². The molecule has 0 saturated carbocycles. The summed E-state index contributed by atoms with van der Waals surface area (Å²) < 4.78 is 24.2. The zero-order valence-electron chi connectivity index (χ0n) is 10.6. The van der Waals surface area contributed by atoms with Crippen LogP contribution in [0.15, 0.2) is 18.2 Å². The summed E-state index contributed by atoms with van der Waals surface area (Å²) in [6.45, 7) is 7.30. The van der Waals surface area contributed by atoms with Crippen LogP contribution in [0.4, 0.5) is 10.1 Å². The van der Waals surface area contributed by atoms with Gasteiger partial charge < -0.3 is 14.8 Å². The zero-order chi connectivity index (χ0) is 12.7. The summed E-state index contributed by atoms with van der Waals surface area (Å²) in [5, 5.41) is 3.00. The van der Waals surface area contributed by atoms with E-state index in [4.69, 9.17) is 9.47 Å². The van der Waals surface area contributed by atoms with Crippen LogP contribution in [0.2, 0.25) is 0 Å². The fourth-order valence-corrected chi connectivity index (χ4v) is 1.51. The maximum absolute atomic E-state index is 13.4. The van der Waals surface area contributed by atoms with Crippen molar-refractivity contribution in [1.82, 2.24) is 0 Å². The van der Waals surface area contributed by atoms with Gasteiger partial charge in [-0.2, -0.15) is 0 Å². The number of halogens is 1. The third kappa shape index (κ3) is 4.71.